The van der Waals surface area contributed by atoms with E-state index in [2.05, 4.69) is 65.3 Å². The summed E-state index contributed by atoms with van der Waals surface area (Å²) in [4.78, 5) is 12.9. The molecule has 0 bridgehead atoms. The summed E-state index contributed by atoms with van der Waals surface area (Å²) in [6.45, 7) is 2.26. The molecule has 5 rings (SSSR count). The van der Waals surface area contributed by atoms with Gasteiger partial charge in [0.1, 0.15) is 0 Å². The van der Waals surface area contributed by atoms with Crippen LogP contribution in [0.15, 0.2) is 60.7 Å². The van der Waals surface area contributed by atoms with E-state index in [4.69, 9.17) is 0 Å². The lowest BCUT2D eigenvalue weighted by molar-refractivity contribution is 0.0910. The Bertz CT molecular complexity index is 1050. The van der Waals surface area contributed by atoms with Crippen molar-refractivity contribution in [1.29, 1.82) is 0 Å². The molecule has 3 aromatic rings. The Morgan fingerprint density at radius 2 is 1.65 bits per heavy atom. The lowest BCUT2D eigenvalue weighted by atomic mass is 9.86. The van der Waals surface area contributed by atoms with Gasteiger partial charge in [0.2, 0.25) is 0 Å². The van der Waals surface area contributed by atoms with E-state index in [1.54, 1.807) is 0 Å². The molecule has 1 heterocycles. The number of hydrogen-bond donors (Lipinski definition) is 1. The van der Waals surface area contributed by atoms with Crippen molar-refractivity contribution < 1.29 is 4.79 Å². The highest BCUT2D eigenvalue weighted by molar-refractivity contribution is 5.94. The number of benzene rings is 2. The number of nitrogens with one attached hydrogen (secondary N) is 1. The van der Waals surface area contributed by atoms with E-state index in [0.717, 1.165) is 30.5 Å². The molecule has 2 aliphatic rings. The second kappa shape index (κ2) is 8.74. The Morgan fingerprint density at radius 1 is 0.903 bits per heavy atom. The Hall–Kier alpha value is -2.81. The van der Waals surface area contributed by atoms with Crippen LogP contribution in [0.4, 0.5) is 0 Å². The molecule has 2 atom stereocenters. The summed E-state index contributed by atoms with van der Waals surface area (Å²) < 4.78 is 2.41. The highest BCUT2D eigenvalue weighted by Gasteiger charge is 2.24. The van der Waals surface area contributed by atoms with Gasteiger partial charge in [0.15, 0.2) is 0 Å². The van der Waals surface area contributed by atoms with Gasteiger partial charge in [-0.1, -0.05) is 50.1 Å². The van der Waals surface area contributed by atoms with Gasteiger partial charge in [-0.15, -0.1) is 0 Å². The lowest BCUT2D eigenvalue weighted by Crippen LogP contribution is -2.41. The molecule has 1 saturated carbocycles. The van der Waals surface area contributed by atoms with Crippen molar-refractivity contribution in [3.8, 4) is 16.9 Å². The SMILES string of the molecule is C[C@@H]1CCCC[C@H]1NC(=O)c1ccc(-n2c(-c3ccccc3)cc3c2CCCC3)cc1. The summed E-state index contributed by atoms with van der Waals surface area (Å²) in [5.41, 5.74) is 7.29. The minimum atomic E-state index is 0.0584. The van der Waals surface area contributed by atoms with E-state index in [1.807, 2.05) is 12.1 Å². The van der Waals surface area contributed by atoms with Gasteiger partial charge >= 0.3 is 0 Å². The minimum absolute atomic E-state index is 0.0584. The molecule has 31 heavy (non-hydrogen) atoms. The molecule has 0 unspecified atom stereocenters. The predicted molar refractivity (Wildman–Crippen MR) is 127 cm³/mol. The molecule has 3 heteroatoms. The molecule has 1 amide bonds. The second-order valence-electron chi connectivity index (χ2n) is 9.30. The van der Waals surface area contributed by atoms with Crippen molar-refractivity contribution in [2.24, 2.45) is 5.92 Å². The largest absolute Gasteiger partial charge is 0.349 e. The number of nitrogens with zero attached hydrogens (tertiary/aromatic N) is 1. The van der Waals surface area contributed by atoms with Crippen LogP contribution in [0.1, 0.15) is 67.1 Å². The van der Waals surface area contributed by atoms with Crippen molar-refractivity contribution in [3.05, 3.63) is 77.5 Å². The fourth-order valence-corrected chi connectivity index (χ4v) is 5.36. The number of rotatable bonds is 4. The number of carbonyl (C=O) groups excluding carboxylic acids is 1. The zero-order chi connectivity index (χ0) is 21.2. The summed E-state index contributed by atoms with van der Waals surface area (Å²) in [5.74, 6) is 0.625. The number of aromatic nitrogens is 1. The number of fused-ring (bicyclic) bond motifs is 1. The van der Waals surface area contributed by atoms with Crippen molar-refractivity contribution >= 4 is 5.91 Å². The fourth-order valence-electron chi connectivity index (χ4n) is 5.36. The van der Waals surface area contributed by atoms with Gasteiger partial charge in [-0.25, -0.2) is 0 Å². The van der Waals surface area contributed by atoms with Crippen molar-refractivity contribution in [3.63, 3.8) is 0 Å². The van der Waals surface area contributed by atoms with Crippen LogP contribution in [0, 0.1) is 5.92 Å². The van der Waals surface area contributed by atoms with Gasteiger partial charge < -0.3 is 9.88 Å². The van der Waals surface area contributed by atoms with Crippen LogP contribution in [0.3, 0.4) is 0 Å². The standard InChI is InChI=1S/C28H32N2O/c1-20-9-5-7-13-25(20)29-28(31)22-15-17-24(18-16-22)30-26-14-8-6-12-23(26)19-27(30)21-10-3-2-4-11-21/h2-4,10-11,15-20,25H,5-9,12-14H2,1H3,(H,29,31)/t20-,25-/m1/s1. The van der Waals surface area contributed by atoms with Gasteiger partial charge in [0.25, 0.3) is 5.91 Å². The van der Waals surface area contributed by atoms with Crippen molar-refractivity contribution in [1.82, 2.24) is 9.88 Å². The average molecular weight is 413 g/mol. The molecular formula is C28H32N2O. The van der Waals surface area contributed by atoms with Gasteiger partial charge in [-0.05, 0) is 85.9 Å². The summed E-state index contributed by atoms with van der Waals surface area (Å²) in [6, 6.07) is 21.5. The Kier molecular flexibility index (Phi) is 5.67. The molecule has 2 aliphatic carbocycles. The van der Waals surface area contributed by atoms with Gasteiger partial charge in [0, 0.05) is 23.0 Å². The molecular weight excluding hydrogens is 380 g/mol. The smallest absolute Gasteiger partial charge is 0.251 e. The van der Waals surface area contributed by atoms with E-state index >= 15 is 0 Å². The molecule has 3 nitrogen and oxygen atoms in total. The van der Waals surface area contributed by atoms with Crippen LogP contribution in [-0.4, -0.2) is 16.5 Å². The van der Waals surface area contributed by atoms with Crippen molar-refractivity contribution in [2.75, 3.05) is 0 Å². The van der Waals surface area contributed by atoms with Crippen LogP contribution in [0.25, 0.3) is 16.9 Å². The van der Waals surface area contributed by atoms with E-state index in [-0.39, 0.29) is 5.91 Å². The molecule has 1 N–H and O–H groups in total. The first-order valence-corrected chi connectivity index (χ1v) is 11.9. The molecule has 0 saturated heterocycles. The first-order valence-electron chi connectivity index (χ1n) is 11.9. The van der Waals surface area contributed by atoms with E-state index in [1.165, 1.54) is 54.6 Å². The molecule has 0 aliphatic heterocycles. The molecule has 0 radical (unpaired) electrons. The van der Waals surface area contributed by atoms with E-state index in [0.29, 0.717) is 12.0 Å². The van der Waals surface area contributed by atoms with Crippen LogP contribution in [-0.2, 0) is 12.8 Å². The molecule has 2 aromatic carbocycles. The van der Waals surface area contributed by atoms with Gasteiger partial charge in [-0.3, -0.25) is 4.79 Å². The molecule has 1 fully saturated rings. The predicted octanol–water partition coefficient (Wildman–Crippen LogP) is 6.33. The first-order chi connectivity index (χ1) is 15.2. The molecule has 160 valence electrons. The van der Waals surface area contributed by atoms with Gasteiger partial charge in [-0.2, -0.15) is 0 Å². The maximum atomic E-state index is 12.9. The second-order valence-corrected chi connectivity index (χ2v) is 9.30. The first kappa shape index (κ1) is 20.1. The Labute approximate surface area is 185 Å². The van der Waals surface area contributed by atoms with Crippen LogP contribution in [0.5, 0.6) is 0 Å². The Balaban J connectivity index is 1.44. The van der Waals surface area contributed by atoms with Gasteiger partial charge in [0.05, 0.1) is 5.69 Å². The quantitative estimate of drug-likeness (QED) is 0.534. The van der Waals surface area contributed by atoms with Crippen LogP contribution in [0.2, 0.25) is 0 Å². The highest BCUT2D eigenvalue weighted by Crippen LogP contribution is 2.34. The topological polar surface area (TPSA) is 34.0 Å². The fraction of sp³-hybridized carbons (Fsp3) is 0.393. The van der Waals surface area contributed by atoms with E-state index in [9.17, 15) is 4.79 Å². The third kappa shape index (κ3) is 4.06. The normalized spacial score (nSPS) is 20.8. The zero-order valence-corrected chi connectivity index (χ0v) is 18.4. The molecule has 0 spiro atoms. The number of aryl methyl sites for hydroxylation is 1. The monoisotopic (exact) mass is 412 g/mol. The third-order valence-corrected chi connectivity index (χ3v) is 7.19. The average Bonchev–Trinajstić information content (AvgIpc) is 3.21. The molecule has 1 aromatic heterocycles. The summed E-state index contributed by atoms with van der Waals surface area (Å²) in [5, 5.41) is 3.28. The number of amides is 1. The van der Waals surface area contributed by atoms with E-state index < -0.39 is 0 Å². The lowest BCUT2D eigenvalue weighted by Gasteiger charge is -2.29. The summed E-state index contributed by atoms with van der Waals surface area (Å²) >= 11 is 0. The van der Waals surface area contributed by atoms with Crippen LogP contribution < -0.4 is 5.32 Å². The number of carbonyl (C=O) groups is 1. The Morgan fingerprint density at radius 3 is 2.42 bits per heavy atom. The summed E-state index contributed by atoms with van der Waals surface area (Å²) in [6.07, 6.45) is 9.59. The van der Waals surface area contributed by atoms with Crippen LogP contribution >= 0.6 is 0 Å². The number of hydrogen-bond acceptors (Lipinski definition) is 1. The third-order valence-electron chi connectivity index (χ3n) is 7.19. The minimum Gasteiger partial charge on any atom is -0.349 e. The zero-order valence-electron chi connectivity index (χ0n) is 18.4. The maximum absolute atomic E-state index is 12.9. The highest BCUT2D eigenvalue weighted by atomic mass is 16.1. The summed E-state index contributed by atoms with van der Waals surface area (Å²) in [7, 11) is 0. The maximum Gasteiger partial charge on any atom is 0.251 e. The van der Waals surface area contributed by atoms with Crippen molar-refractivity contribution in [2.45, 2.75) is 64.3 Å².